The van der Waals surface area contributed by atoms with Crippen molar-refractivity contribution in [2.45, 2.75) is 30.7 Å². The third-order valence-electron chi connectivity index (χ3n) is 3.20. The Labute approximate surface area is 122 Å². The molecular formula is C14H19NO6. The van der Waals surface area contributed by atoms with E-state index in [1.54, 1.807) is 18.3 Å². The van der Waals surface area contributed by atoms with Crippen LogP contribution in [0.25, 0.3) is 6.08 Å². The predicted octanol–water partition coefficient (Wildman–Crippen LogP) is -1.09. The van der Waals surface area contributed by atoms with Gasteiger partial charge in [0.25, 0.3) is 0 Å². The number of hydrogen-bond donors (Lipinski definition) is 4. The van der Waals surface area contributed by atoms with Gasteiger partial charge < -0.3 is 29.9 Å². The van der Waals surface area contributed by atoms with Crippen molar-refractivity contribution in [2.24, 2.45) is 0 Å². The van der Waals surface area contributed by atoms with E-state index in [2.05, 4.69) is 4.98 Å². The molecule has 1 aliphatic rings. The second-order valence-electron chi connectivity index (χ2n) is 4.68. The number of aromatic nitrogens is 1. The Hall–Kier alpha value is -1.35. The molecule has 0 aliphatic carbocycles. The highest BCUT2D eigenvalue weighted by Gasteiger charge is 2.44. The Kier molecular flexibility index (Phi) is 5.80. The summed E-state index contributed by atoms with van der Waals surface area (Å²) in [5.74, 6) is 0. The van der Waals surface area contributed by atoms with Gasteiger partial charge in [-0.25, -0.2) is 0 Å². The van der Waals surface area contributed by atoms with Gasteiger partial charge in [0, 0.05) is 6.20 Å². The van der Waals surface area contributed by atoms with Crippen molar-refractivity contribution in [1.82, 2.24) is 4.98 Å². The van der Waals surface area contributed by atoms with Gasteiger partial charge in [-0.15, -0.1) is 0 Å². The Bertz CT molecular complexity index is 452. The normalized spacial score (nSPS) is 33.4. The van der Waals surface area contributed by atoms with Gasteiger partial charge in [0.2, 0.25) is 0 Å². The maximum absolute atomic E-state index is 9.86. The molecule has 0 bridgehead atoms. The van der Waals surface area contributed by atoms with Crippen LogP contribution >= 0.6 is 0 Å². The molecule has 5 atom stereocenters. The molecule has 1 saturated heterocycles. The standard InChI is InChI=1S/C14H19NO6/c16-8-10-13(11(17)12(18)14(19)21-10)20-7-3-5-9-4-1-2-6-15-9/h1-6,10-14,16-19H,7-8H2/b5-3+/t10-,11-,12-,13+,14-/m1/s1. The predicted molar refractivity (Wildman–Crippen MR) is 73.0 cm³/mol. The first-order valence-corrected chi connectivity index (χ1v) is 6.63. The van der Waals surface area contributed by atoms with Gasteiger partial charge in [0.1, 0.15) is 24.4 Å². The smallest absolute Gasteiger partial charge is 0.184 e. The molecule has 1 aliphatic heterocycles. The quantitative estimate of drug-likeness (QED) is 0.546. The summed E-state index contributed by atoms with van der Waals surface area (Å²) in [6.45, 7) is -0.295. The Morgan fingerprint density at radius 2 is 2.05 bits per heavy atom. The minimum absolute atomic E-state index is 0.140. The first kappa shape index (κ1) is 16.0. The number of aliphatic hydroxyl groups excluding tert-OH is 4. The summed E-state index contributed by atoms with van der Waals surface area (Å²) in [5.41, 5.74) is 0.760. The van der Waals surface area contributed by atoms with E-state index in [1.165, 1.54) is 0 Å². The van der Waals surface area contributed by atoms with E-state index in [0.717, 1.165) is 5.69 Å². The molecule has 0 amide bonds. The zero-order valence-corrected chi connectivity index (χ0v) is 11.3. The highest BCUT2D eigenvalue weighted by atomic mass is 16.6. The van der Waals surface area contributed by atoms with Crippen molar-refractivity contribution >= 4 is 6.08 Å². The molecule has 2 rings (SSSR count). The summed E-state index contributed by atoms with van der Waals surface area (Å²) in [6, 6.07) is 5.49. The fourth-order valence-corrected chi connectivity index (χ4v) is 2.08. The van der Waals surface area contributed by atoms with Crippen LogP contribution in [-0.4, -0.2) is 69.3 Å². The highest BCUT2D eigenvalue weighted by Crippen LogP contribution is 2.22. The van der Waals surface area contributed by atoms with Crippen molar-refractivity contribution in [1.29, 1.82) is 0 Å². The van der Waals surface area contributed by atoms with E-state index in [4.69, 9.17) is 9.47 Å². The van der Waals surface area contributed by atoms with Crippen molar-refractivity contribution < 1.29 is 29.9 Å². The molecule has 1 aromatic rings. The van der Waals surface area contributed by atoms with E-state index in [1.807, 2.05) is 18.2 Å². The third kappa shape index (κ3) is 4.07. The van der Waals surface area contributed by atoms with Crippen LogP contribution < -0.4 is 0 Å². The van der Waals surface area contributed by atoms with Crippen molar-refractivity contribution in [3.05, 3.63) is 36.2 Å². The molecule has 0 aromatic carbocycles. The minimum atomic E-state index is -1.54. The zero-order valence-electron chi connectivity index (χ0n) is 11.3. The van der Waals surface area contributed by atoms with Gasteiger partial charge in [-0.05, 0) is 18.2 Å². The lowest BCUT2D eigenvalue weighted by Crippen LogP contribution is -2.59. The maximum Gasteiger partial charge on any atom is 0.184 e. The fraction of sp³-hybridized carbons (Fsp3) is 0.500. The molecule has 1 fully saturated rings. The van der Waals surface area contributed by atoms with Crippen molar-refractivity contribution in [2.75, 3.05) is 13.2 Å². The van der Waals surface area contributed by atoms with E-state index in [-0.39, 0.29) is 6.61 Å². The lowest BCUT2D eigenvalue weighted by molar-refractivity contribution is -0.292. The average Bonchev–Trinajstić information content (AvgIpc) is 2.51. The average molecular weight is 297 g/mol. The summed E-state index contributed by atoms with van der Waals surface area (Å²) in [4.78, 5) is 4.10. The van der Waals surface area contributed by atoms with Crippen molar-refractivity contribution in [3.63, 3.8) is 0 Å². The molecule has 21 heavy (non-hydrogen) atoms. The number of ether oxygens (including phenoxy) is 2. The summed E-state index contributed by atoms with van der Waals surface area (Å²) in [7, 11) is 0. The van der Waals surface area contributed by atoms with E-state index in [9.17, 15) is 20.4 Å². The molecule has 0 spiro atoms. The third-order valence-corrected chi connectivity index (χ3v) is 3.20. The monoisotopic (exact) mass is 297 g/mol. The summed E-state index contributed by atoms with van der Waals surface area (Å²) in [5, 5.41) is 38.0. The molecular weight excluding hydrogens is 278 g/mol. The number of pyridine rings is 1. The second-order valence-corrected chi connectivity index (χ2v) is 4.68. The number of aliphatic hydroxyl groups is 4. The second kappa shape index (κ2) is 7.60. The summed E-state index contributed by atoms with van der Waals surface area (Å²) >= 11 is 0. The van der Waals surface area contributed by atoms with Gasteiger partial charge in [-0.3, -0.25) is 4.98 Å². The fourth-order valence-electron chi connectivity index (χ4n) is 2.08. The molecule has 2 heterocycles. The van der Waals surface area contributed by atoms with Crippen LogP contribution in [0.3, 0.4) is 0 Å². The Balaban J connectivity index is 1.90. The molecule has 0 saturated carbocycles. The van der Waals surface area contributed by atoms with Gasteiger partial charge in [0.05, 0.1) is 18.9 Å². The molecule has 7 heteroatoms. The zero-order chi connectivity index (χ0) is 15.2. The van der Waals surface area contributed by atoms with Crippen LogP contribution in [0.2, 0.25) is 0 Å². The molecule has 4 N–H and O–H groups in total. The summed E-state index contributed by atoms with van der Waals surface area (Å²) in [6.07, 6.45) is -1.08. The van der Waals surface area contributed by atoms with E-state index in [0.29, 0.717) is 0 Å². The van der Waals surface area contributed by atoms with E-state index >= 15 is 0 Å². The number of nitrogens with zero attached hydrogens (tertiary/aromatic N) is 1. The van der Waals surface area contributed by atoms with Crippen LogP contribution in [0.5, 0.6) is 0 Å². The SMILES string of the molecule is OC[C@H]1O[C@@H](O)[C@H](O)[C@@H](O)[C@H]1OC/C=C/c1ccccn1. The largest absolute Gasteiger partial charge is 0.394 e. The van der Waals surface area contributed by atoms with Crippen LogP contribution in [0.15, 0.2) is 30.5 Å². The van der Waals surface area contributed by atoms with Gasteiger partial charge in [0.15, 0.2) is 6.29 Å². The van der Waals surface area contributed by atoms with Gasteiger partial charge in [-0.1, -0.05) is 12.1 Å². The molecule has 0 unspecified atom stereocenters. The van der Waals surface area contributed by atoms with Crippen LogP contribution in [-0.2, 0) is 9.47 Å². The van der Waals surface area contributed by atoms with Crippen LogP contribution in [0, 0.1) is 0 Å². The van der Waals surface area contributed by atoms with Gasteiger partial charge >= 0.3 is 0 Å². The maximum atomic E-state index is 9.86. The molecule has 7 nitrogen and oxygen atoms in total. The van der Waals surface area contributed by atoms with Gasteiger partial charge in [-0.2, -0.15) is 0 Å². The molecule has 116 valence electrons. The van der Waals surface area contributed by atoms with E-state index < -0.39 is 37.3 Å². The highest BCUT2D eigenvalue weighted by molar-refractivity contribution is 5.43. The van der Waals surface area contributed by atoms with Crippen LogP contribution in [0.1, 0.15) is 5.69 Å². The first-order valence-electron chi connectivity index (χ1n) is 6.63. The summed E-state index contributed by atoms with van der Waals surface area (Å²) < 4.78 is 10.4. The molecule has 0 radical (unpaired) electrons. The number of hydrogen-bond acceptors (Lipinski definition) is 7. The Morgan fingerprint density at radius 1 is 1.24 bits per heavy atom. The molecule has 1 aromatic heterocycles. The minimum Gasteiger partial charge on any atom is -0.394 e. The first-order chi connectivity index (χ1) is 10.1. The lowest BCUT2D eigenvalue weighted by Gasteiger charge is -2.39. The lowest BCUT2D eigenvalue weighted by atomic mass is 9.99. The van der Waals surface area contributed by atoms with Crippen LogP contribution in [0.4, 0.5) is 0 Å². The van der Waals surface area contributed by atoms with Crippen molar-refractivity contribution in [3.8, 4) is 0 Å². The topological polar surface area (TPSA) is 112 Å². The number of rotatable bonds is 5. The Morgan fingerprint density at radius 3 is 2.71 bits per heavy atom.